The number of rotatable bonds is 5. The van der Waals surface area contributed by atoms with Crippen LogP contribution in [-0.2, 0) is 0 Å². The highest BCUT2D eigenvalue weighted by molar-refractivity contribution is 5.85. The van der Waals surface area contributed by atoms with Gasteiger partial charge < -0.3 is 15.2 Å². The van der Waals surface area contributed by atoms with Gasteiger partial charge in [-0.1, -0.05) is 6.08 Å². The lowest BCUT2D eigenvalue weighted by Gasteiger charge is -2.35. The maximum Gasteiger partial charge on any atom is 0.573 e. The van der Waals surface area contributed by atoms with Crippen LogP contribution in [0, 0.1) is 0 Å². The molecule has 2 rings (SSSR count). The van der Waals surface area contributed by atoms with Crippen molar-refractivity contribution in [2.45, 2.75) is 18.8 Å². The first kappa shape index (κ1) is 19.6. The van der Waals surface area contributed by atoms with Gasteiger partial charge in [-0.2, -0.15) is 0 Å². The quantitative estimate of drug-likeness (QED) is 0.799. The molecule has 1 saturated heterocycles. The van der Waals surface area contributed by atoms with Gasteiger partial charge in [0.1, 0.15) is 11.5 Å². The topological polar surface area (TPSA) is 44.7 Å². The highest BCUT2D eigenvalue weighted by Crippen LogP contribution is 2.35. The second-order valence-corrected chi connectivity index (χ2v) is 5.09. The van der Waals surface area contributed by atoms with Crippen LogP contribution in [0.4, 0.5) is 13.2 Å². The Morgan fingerprint density at radius 3 is 2.57 bits per heavy atom. The molecule has 0 radical (unpaired) electrons. The van der Waals surface area contributed by atoms with Crippen molar-refractivity contribution in [1.29, 1.82) is 0 Å². The molecule has 1 aliphatic rings. The van der Waals surface area contributed by atoms with Crippen LogP contribution < -0.4 is 10.1 Å². The minimum absolute atomic E-state index is 0. The van der Waals surface area contributed by atoms with Gasteiger partial charge in [0.2, 0.25) is 0 Å². The summed E-state index contributed by atoms with van der Waals surface area (Å²) in [6, 6.07) is 3.36. The number of nitrogens with one attached hydrogen (secondary N) is 1. The predicted octanol–water partition coefficient (Wildman–Crippen LogP) is 3.24. The van der Waals surface area contributed by atoms with Crippen LogP contribution in [0.2, 0.25) is 0 Å². The van der Waals surface area contributed by atoms with E-state index in [9.17, 15) is 18.3 Å². The number of ether oxygens (including phenoxy) is 1. The standard InChI is InChI=1S/C15H19F3N2O2.ClH/c1-2-3-13(20-8-6-19-7-9-20)12-10-11(4-5-14(12)21)22-15(16,17)18;/h2,4-5,10,13,19,21H,1,3,6-9H2;1H/t13-;/m0./s1. The third-order valence-corrected chi connectivity index (χ3v) is 3.57. The van der Waals surface area contributed by atoms with Crippen molar-refractivity contribution in [3.8, 4) is 11.5 Å². The summed E-state index contributed by atoms with van der Waals surface area (Å²) in [5.41, 5.74) is 0.420. The molecule has 0 spiro atoms. The van der Waals surface area contributed by atoms with E-state index >= 15 is 0 Å². The molecule has 0 aliphatic carbocycles. The SMILES string of the molecule is C=CC[C@@H](c1cc(OC(F)(F)F)ccc1O)N1CCNCC1.Cl. The van der Waals surface area contributed by atoms with Gasteiger partial charge in [0.15, 0.2) is 0 Å². The summed E-state index contributed by atoms with van der Waals surface area (Å²) >= 11 is 0. The monoisotopic (exact) mass is 352 g/mol. The third-order valence-electron chi connectivity index (χ3n) is 3.57. The van der Waals surface area contributed by atoms with Crippen molar-refractivity contribution < 1.29 is 23.0 Å². The maximum atomic E-state index is 12.4. The molecular weight excluding hydrogens is 333 g/mol. The number of hydrogen-bond acceptors (Lipinski definition) is 4. The number of hydrogen-bond donors (Lipinski definition) is 2. The van der Waals surface area contributed by atoms with Gasteiger partial charge in [-0.15, -0.1) is 32.2 Å². The number of nitrogens with zero attached hydrogens (tertiary/aromatic N) is 1. The van der Waals surface area contributed by atoms with E-state index in [4.69, 9.17) is 0 Å². The normalized spacial score (nSPS) is 17.2. The summed E-state index contributed by atoms with van der Waals surface area (Å²) in [5, 5.41) is 13.3. The van der Waals surface area contributed by atoms with E-state index in [-0.39, 0.29) is 29.9 Å². The van der Waals surface area contributed by atoms with Crippen LogP contribution in [0.25, 0.3) is 0 Å². The molecule has 1 aliphatic heterocycles. The van der Waals surface area contributed by atoms with Crippen molar-refractivity contribution in [1.82, 2.24) is 10.2 Å². The molecule has 1 fully saturated rings. The molecule has 1 aromatic carbocycles. The Kier molecular flexibility index (Phi) is 7.18. The van der Waals surface area contributed by atoms with Crippen molar-refractivity contribution in [3.63, 3.8) is 0 Å². The number of phenolic OH excluding ortho intramolecular Hbond substituents is 1. The van der Waals surface area contributed by atoms with Gasteiger partial charge in [-0.25, -0.2) is 0 Å². The number of benzene rings is 1. The molecule has 1 aromatic rings. The number of aromatic hydroxyl groups is 1. The fraction of sp³-hybridized carbons (Fsp3) is 0.467. The second-order valence-electron chi connectivity index (χ2n) is 5.09. The summed E-state index contributed by atoms with van der Waals surface area (Å²) in [6.07, 6.45) is -2.52. The van der Waals surface area contributed by atoms with Gasteiger partial charge in [0.05, 0.1) is 0 Å². The third kappa shape index (κ3) is 5.60. The summed E-state index contributed by atoms with van der Waals surface area (Å²) in [5.74, 6) is -0.371. The average Bonchev–Trinajstić information content (AvgIpc) is 2.46. The first-order valence-corrected chi connectivity index (χ1v) is 7.05. The largest absolute Gasteiger partial charge is 0.573 e. The molecule has 0 saturated carbocycles. The fourth-order valence-corrected chi connectivity index (χ4v) is 2.62. The summed E-state index contributed by atoms with van der Waals surface area (Å²) < 4.78 is 41.0. The number of alkyl halides is 3. The molecule has 23 heavy (non-hydrogen) atoms. The predicted molar refractivity (Wildman–Crippen MR) is 84.0 cm³/mol. The number of phenols is 1. The van der Waals surface area contributed by atoms with Gasteiger partial charge in [-0.3, -0.25) is 4.90 Å². The zero-order chi connectivity index (χ0) is 16.2. The Labute approximate surface area is 139 Å². The highest BCUT2D eigenvalue weighted by atomic mass is 35.5. The van der Waals surface area contributed by atoms with Gasteiger partial charge >= 0.3 is 6.36 Å². The molecule has 0 aromatic heterocycles. The lowest BCUT2D eigenvalue weighted by molar-refractivity contribution is -0.274. The second kappa shape index (κ2) is 8.42. The molecule has 1 atom stereocenters. The first-order valence-electron chi connectivity index (χ1n) is 7.05. The molecule has 0 bridgehead atoms. The summed E-state index contributed by atoms with van der Waals surface area (Å²) in [7, 11) is 0. The minimum atomic E-state index is -4.75. The van der Waals surface area contributed by atoms with Crippen molar-refractivity contribution in [2.75, 3.05) is 26.2 Å². The highest BCUT2D eigenvalue weighted by Gasteiger charge is 2.32. The van der Waals surface area contributed by atoms with E-state index in [1.165, 1.54) is 12.1 Å². The summed E-state index contributed by atoms with van der Waals surface area (Å²) in [4.78, 5) is 2.12. The van der Waals surface area contributed by atoms with Crippen LogP contribution >= 0.6 is 12.4 Å². The molecule has 4 nitrogen and oxygen atoms in total. The van der Waals surface area contributed by atoms with E-state index in [1.54, 1.807) is 6.08 Å². The van der Waals surface area contributed by atoms with E-state index in [2.05, 4.69) is 21.5 Å². The molecule has 0 unspecified atom stereocenters. The Bertz CT molecular complexity index is 520. The zero-order valence-electron chi connectivity index (χ0n) is 12.5. The molecule has 0 amide bonds. The lowest BCUT2D eigenvalue weighted by Crippen LogP contribution is -2.45. The van der Waals surface area contributed by atoms with Gasteiger partial charge in [-0.05, 0) is 24.6 Å². The Hall–Kier alpha value is -1.44. The van der Waals surface area contributed by atoms with E-state index < -0.39 is 6.36 Å². The fourth-order valence-electron chi connectivity index (χ4n) is 2.62. The lowest BCUT2D eigenvalue weighted by atomic mass is 9.99. The van der Waals surface area contributed by atoms with Gasteiger partial charge in [0.25, 0.3) is 0 Å². The molecule has 1 heterocycles. The maximum absolute atomic E-state index is 12.4. The van der Waals surface area contributed by atoms with Gasteiger partial charge in [0, 0.05) is 37.8 Å². The minimum Gasteiger partial charge on any atom is -0.508 e. The Balaban J connectivity index is 0.00000264. The summed E-state index contributed by atoms with van der Waals surface area (Å²) in [6.45, 7) is 6.80. The van der Waals surface area contributed by atoms with Crippen molar-refractivity contribution >= 4 is 12.4 Å². The molecular formula is C15H20ClF3N2O2. The van der Waals surface area contributed by atoms with Crippen molar-refractivity contribution in [3.05, 3.63) is 36.4 Å². The van der Waals surface area contributed by atoms with Crippen LogP contribution in [0.5, 0.6) is 11.5 Å². The van der Waals surface area contributed by atoms with E-state index in [1.807, 2.05) is 0 Å². The Morgan fingerprint density at radius 1 is 1.35 bits per heavy atom. The van der Waals surface area contributed by atoms with Crippen LogP contribution in [0.3, 0.4) is 0 Å². The smallest absolute Gasteiger partial charge is 0.508 e. The Morgan fingerprint density at radius 2 is 2.00 bits per heavy atom. The van der Waals surface area contributed by atoms with E-state index in [0.717, 1.165) is 32.2 Å². The zero-order valence-corrected chi connectivity index (χ0v) is 13.3. The number of halogens is 4. The molecule has 130 valence electrons. The van der Waals surface area contributed by atoms with Crippen LogP contribution in [0.15, 0.2) is 30.9 Å². The molecule has 8 heteroatoms. The van der Waals surface area contributed by atoms with E-state index in [0.29, 0.717) is 12.0 Å². The average molecular weight is 353 g/mol. The first-order chi connectivity index (χ1) is 10.4. The van der Waals surface area contributed by atoms with Crippen LogP contribution in [-0.4, -0.2) is 42.5 Å². The van der Waals surface area contributed by atoms with Crippen LogP contribution in [0.1, 0.15) is 18.0 Å². The molecule has 2 N–H and O–H groups in total. The van der Waals surface area contributed by atoms with Crippen molar-refractivity contribution in [2.24, 2.45) is 0 Å². The number of piperazine rings is 1.